The van der Waals surface area contributed by atoms with Crippen LogP contribution in [0.1, 0.15) is 53.9 Å². The Labute approximate surface area is 241 Å². The minimum Gasteiger partial charge on any atom is -0.480 e. The van der Waals surface area contributed by atoms with E-state index in [0.29, 0.717) is 6.42 Å². The van der Waals surface area contributed by atoms with Crippen LogP contribution in [-0.2, 0) is 28.7 Å². The number of hydrogen-bond acceptors (Lipinski definition) is 9. The molecule has 230 valence electrons. The van der Waals surface area contributed by atoms with Crippen molar-refractivity contribution in [2.75, 3.05) is 11.4 Å². The molecule has 0 spiro atoms. The molecule has 0 aliphatic carbocycles. The molecule has 1 aromatic rings. The van der Waals surface area contributed by atoms with Gasteiger partial charge >= 0.3 is 12.1 Å². The molecule has 16 nitrogen and oxygen atoms in total. The number of nitrogens with two attached hydrogens (primary N) is 1. The maximum absolute atomic E-state index is 13.8. The van der Waals surface area contributed by atoms with Gasteiger partial charge in [0, 0.05) is 24.4 Å². The summed E-state index contributed by atoms with van der Waals surface area (Å²) < 4.78 is 5.12. The second kappa shape index (κ2) is 13.7. The number of nitrogens with zero attached hydrogens (tertiary/aromatic N) is 3. The van der Waals surface area contributed by atoms with Crippen molar-refractivity contribution in [1.82, 2.24) is 15.5 Å². The maximum atomic E-state index is 13.8. The zero-order valence-electron chi connectivity index (χ0n) is 24.0. The number of carboxylic acids is 1. The number of carbonyl (C=O) groups is 6. The van der Waals surface area contributed by atoms with Gasteiger partial charge in [-0.15, -0.1) is 0 Å². The summed E-state index contributed by atoms with van der Waals surface area (Å²) in [6.45, 7) is 7.86. The highest BCUT2D eigenvalue weighted by Crippen LogP contribution is 2.28. The van der Waals surface area contributed by atoms with Crippen LogP contribution >= 0.6 is 0 Å². The smallest absolute Gasteiger partial charge is 0.408 e. The molecule has 5 amide bonds. The van der Waals surface area contributed by atoms with E-state index in [2.05, 4.69) is 10.6 Å². The van der Waals surface area contributed by atoms with Crippen LogP contribution in [0.3, 0.4) is 0 Å². The SMILES string of the molecule is C[C@H](NC(=O)OC(C)(C)C)C(=O)N[C@@H](C)C(=O)N1CCC[C@H]1C(=O)N(c1ccc([N+](=O)[O-])cc1)[C@@H](CC(N)=O)C(=O)O. The van der Waals surface area contributed by atoms with Crippen molar-refractivity contribution in [2.45, 2.75) is 83.6 Å². The second-order valence-corrected chi connectivity index (χ2v) is 10.8. The van der Waals surface area contributed by atoms with Crippen LogP contribution in [0.5, 0.6) is 0 Å². The van der Waals surface area contributed by atoms with Gasteiger partial charge in [-0.2, -0.15) is 0 Å². The molecule has 16 heteroatoms. The van der Waals surface area contributed by atoms with Crippen molar-refractivity contribution in [3.8, 4) is 0 Å². The number of nitrogens with one attached hydrogen (secondary N) is 2. The standard InChI is InChI=1S/C26H36N6O10/c1-14(29-25(39)42-26(3,4)5)21(34)28-15(2)22(35)30-12-6-7-18(30)23(36)31(19(24(37)38)13-20(27)33)16-8-10-17(11-9-16)32(40)41/h8-11,14-15,18-19H,6-7,12-13H2,1-5H3,(H2,27,33)(H,28,34)(H,29,39)(H,37,38)/t14-,15-,18-,19-/m0/s1. The molecule has 4 atom stereocenters. The Morgan fingerprint density at radius 1 is 1.12 bits per heavy atom. The van der Waals surface area contributed by atoms with E-state index < -0.39 is 76.8 Å². The molecule has 1 aliphatic heterocycles. The Morgan fingerprint density at radius 3 is 2.21 bits per heavy atom. The summed E-state index contributed by atoms with van der Waals surface area (Å²) in [5, 5.41) is 25.8. The van der Waals surface area contributed by atoms with E-state index in [-0.39, 0.29) is 24.3 Å². The van der Waals surface area contributed by atoms with E-state index in [4.69, 9.17) is 10.5 Å². The van der Waals surface area contributed by atoms with Gasteiger partial charge in [0.25, 0.3) is 11.6 Å². The van der Waals surface area contributed by atoms with E-state index in [1.54, 1.807) is 20.8 Å². The Kier molecular flexibility index (Phi) is 10.9. The number of carbonyl (C=O) groups excluding carboxylic acids is 5. The first-order valence-corrected chi connectivity index (χ1v) is 13.1. The Morgan fingerprint density at radius 2 is 1.71 bits per heavy atom. The van der Waals surface area contributed by atoms with Gasteiger partial charge < -0.3 is 31.1 Å². The fourth-order valence-electron chi connectivity index (χ4n) is 4.32. The number of carboxylic acid groups (broad SMARTS) is 1. The third kappa shape index (κ3) is 8.87. The third-order valence-corrected chi connectivity index (χ3v) is 6.24. The highest BCUT2D eigenvalue weighted by molar-refractivity contribution is 6.05. The van der Waals surface area contributed by atoms with E-state index in [1.807, 2.05) is 0 Å². The molecule has 5 N–H and O–H groups in total. The molecule has 0 unspecified atom stereocenters. The van der Waals surface area contributed by atoms with Gasteiger partial charge in [-0.05, 0) is 59.6 Å². The normalized spacial score (nSPS) is 16.9. The topological polar surface area (TPSA) is 232 Å². The number of anilines is 1. The number of non-ortho nitro benzene ring substituents is 1. The predicted octanol–water partition coefficient (Wildman–Crippen LogP) is 0.665. The first kappa shape index (κ1) is 33.4. The summed E-state index contributed by atoms with van der Waals surface area (Å²) in [6, 6.07) is -0.659. The van der Waals surface area contributed by atoms with Gasteiger partial charge in [0.1, 0.15) is 29.8 Å². The zero-order chi connectivity index (χ0) is 31.9. The van der Waals surface area contributed by atoms with Gasteiger partial charge in [0.05, 0.1) is 11.3 Å². The molecule has 1 heterocycles. The van der Waals surface area contributed by atoms with Crippen LogP contribution in [0, 0.1) is 10.1 Å². The quantitative estimate of drug-likeness (QED) is 0.207. The number of benzene rings is 1. The predicted molar refractivity (Wildman–Crippen MR) is 147 cm³/mol. The first-order valence-electron chi connectivity index (χ1n) is 13.1. The Hall–Kier alpha value is -4.76. The van der Waals surface area contributed by atoms with E-state index in [0.717, 1.165) is 29.2 Å². The molecule has 0 saturated carbocycles. The zero-order valence-corrected chi connectivity index (χ0v) is 24.0. The number of hydrogen-bond donors (Lipinski definition) is 4. The summed E-state index contributed by atoms with van der Waals surface area (Å²) in [6.07, 6.45) is -1.06. The lowest BCUT2D eigenvalue weighted by Crippen LogP contribution is -2.57. The number of nitro groups is 1. The van der Waals surface area contributed by atoms with Crippen LogP contribution in [0.2, 0.25) is 0 Å². The van der Waals surface area contributed by atoms with E-state index in [1.165, 1.54) is 18.7 Å². The number of likely N-dealkylation sites (tertiary alicyclic amines) is 1. The molecule has 1 aromatic carbocycles. The number of aliphatic carboxylic acids is 1. The average Bonchev–Trinajstić information content (AvgIpc) is 3.36. The summed E-state index contributed by atoms with van der Waals surface area (Å²) in [5.41, 5.74) is 4.08. The Bertz CT molecular complexity index is 1230. The van der Waals surface area contributed by atoms with Gasteiger partial charge in [-0.25, -0.2) is 9.59 Å². The van der Waals surface area contributed by atoms with Crippen LogP contribution in [0.15, 0.2) is 24.3 Å². The van der Waals surface area contributed by atoms with Crippen molar-refractivity contribution in [3.63, 3.8) is 0 Å². The number of nitro benzene ring substituents is 1. The van der Waals surface area contributed by atoms with Crippen LogP contribution in [0.4, 0.5) is 16.2 Å². The lowest BCUT2D eigenvalue weighted by molar-refractivity contribution is -0.384. The molecule has 2 rings (SSSR count). The van der Waals surface area contributed by atoms with Gasteiger partial charge in [0.15, 0.2) is 0 Å². The number of amides is 5. The van der Waals surface area contributed by atoms with Gasteiger partial charge in [-0.1, -0.05) is 0 Å². The number of alkyl carbamates (subject to hydrolysis) is 1. The lowest BCUT2D eigenvalue weighted by atomic mass is 10.1. The molecule has 0 radical (unpaired) electrons. The summed E-state index contributed by atoms with van der Waals surface area (Å²) in [4.78, 5) is 88.0. The van der Waals surface area contributed by atoms with Gasteiger partial charge in [0.2, 0.25) is 17.7 Å². The van der Waals surface area contributed by atoms with E-state index in [9.17, 15) is 44.0 Å². The summed E-state index contributed by atoms with van der Waals surface area (Å²) in [7, 11) is 0. The summed E-state index contributed by atoms with van der Waals surface area (Å²) in [5.74, 6) is -4.74. The fourth-order valence-corrected chi connectivity index (χ4v) is 4.32. The molecule has 0 aromatic heterocycles. The van der Waals surface area contributed by atoms with Crippen molar-refractivity contribution in [3.05, 3.63) is 34.4 Å². The third-order valence-electron chi connectivity index (χ3n) is 6.24. The maximum Gasteiger partial charge on any atom is 0.408 e. The highest BCUT2D eigenvalue weighted by atomic mass is 16.6. The molecular weight excluding hydrogens is 556 g/mol. The molecular formula is C26H36N6O10. The monoisotopic (exact) mass is 592 g/mol. The fraction of sp³-hybridized carbons (Fsp3) is 0.538. The lowest BCUT2D eigenvalue weighted by Gasteiger charge is -2.34. The number of rotatable bonds is 11. The van der Waals surface area contributed by atoms with Gasteiger partial charge in [-0.3, -0.25) is 34.2 Å². The molecule has 1 saturated heterocycles. The first-order chi connectivity index (χ1) is 19.4. The van der Waals surface area contributed by atoms with Crippen molar-refractivity contribution in [1.29, 1.82) is 0 Å². The van der Waals surface area contributed by atoms with Crippen LogP contribution < -0.4 is 21.3 Å². The molecule has 0 bridgehead atoms. The minimum absolute atomic E-state index is 0.0538. The van der Waals surface area contributed by atoms with E-state index >= 15 is 0 Å². The minimum atomic E-state index is -1.76. The van der Waals surface area contributed by atoms with Crippen molar-refractivity contribution >= 4 is 47.1 Å². The highest BCUT2D eigenvalue weighted by Gasteiger charge is 2.42. The summed E-state index contributed by atoms with van der Waals surface area (Å²) >= 11 is 0. The van der Waals surface area contributed by atoms with Crippen LogP contribution in [0.25, 0.3) is 0 Å². The Balaban J connectivity index is 2.27. The van der Waals surface area contributed by atoms with Crippen LogP contribution in [-0.4, -0.2) is 86.9 Å². The molecule has 1 aliphatic rings. The number of primary amides is 1. The number of ether oxygens (including phenoxy) is 1. The van der Waals surface area contributed by atoms with Crippen molar-refractivity contribution in [2.24, 2.45) is 5.73 Å². The largest absolute Gasteiger partial charge is 0.480 e. The molecule has 42 heavy (non-hydrogen) atoms. The van der Waals surface area contributed by atoms with Crippen molar-refractivity contribution < 1.29 is 43.5 Å². The second-order valence-electron chi connectivity index (χ2n) is 10.8. The average molecular weight is 593 g/mol. The molecule has 1 fully saturated rings.